The summed E-state index contributed by atoms with van der Waals surface area (Å²) in [6.45, 7) is 6.04. The van der Waals surface area contributed by atoms with Crippen LogP contribution in [0.25, 0.3) is 11.0 Å². The molecule has 1 N–H and O–H groups in total. The number of benzene rings is 1. The van der Waals surface area contributed by atoms with Crippen LogP contribution in [0.15, 0.2) is 28.7 Å². The molecule has 1 aromatic carbocycles. The van der Waals surface area contributed by atoms with Gasteiger partial charge in [0.1, 0.15) is 11.3 Å². The van der Waals surface area contributed by atoms with E-state index in [0.717, 1.165) is 30.9 Å². The van der Waals surface area contributed by atoms with E-state index in [9.17, 15) is 0 Å². The summed E-state index contributed by atoms with van der Waals surface area (Å²) in [5.74, 6) is 1.01. The second-order valence-corrected chi connectivity index (χ2v) is 3.72. The van der Waals surface area contributed by atoms with E-state index in [2.05, 4.69) is 43.4 Å². The first-order chi connectivity index (χ1) is 7.33. The van der Waals surface area contributed by atoms with Gasteiger partial charge in [-0.1, -0.05) is 19.9 Å². The zero-order valence-corrected chi connectivity index (χ0v) is 9.34. The Balaban J connectivity index is 2.29. The predicted molar refractivity (Wildman–Crippen MR) is 63.0 cm³/mol. The van der Waals surface area contributed by atoms with Gasteiger partial charge in [-0.25, -0.2) is 0 Å². The van der Waals surface area contributed by atoms with Crippen molar-refractivity contribution in [2.45, 2.75) is 26.8 Å². The normalized spacial score (nSPS) is 11.1. The van der Waals surface area contributed by atoms with Crippen molar-refractivity contribution in [1.29, 1.82) is 0 Å². The van der Waals surface area contributed by atoms with E-state index in [1.165, 1.54) is 10.9 Å². The van der Waals surface area contributed by atoms with Crippen LogP contribution >= 0.6 is 0 Å². The highest BCUT2D eigenvalue weighted by Gasteiger charge is 2.03. The van der Waals surface area contributed by atoms with Crippen molar-refractivity contribution >= 4 is 11.0 Å². The SMILES string of the molecule is CCNCc1cc2cc(CC)ccc2o1. The van der Waals surface area contributed by atoms with Crippen LogP contribution in [-0.4, -0.2) is 6.54 Å². The highest BCUT2D eigenvalue weighted by atomic mass is 16.3. The molecule has 15 heavy (non-hydrogen) atoms. The van der Waals surface area contributed by atoms with Crippen LogP contribution in [0.1, 0.15) is 25.2 Å². The number of furan rings is 1. The molecule has 0 unspecified atom stereocenters. The smallest absolute Gasteiger partial charge is 0.134 e. The van der Waals surface area contributed by atoms with E-state index >= 15 is 0 Å². The minimum Gasteiger partial charge on any atom is -0.460 e. The van der Waals surface area contributed by atoms with Crippen molar-refractivity contribution < 1.29 is 4.42 Å². The molecular weight excluding hydrogens is 186 g/mol. The molecule has 0 saturated carbocycles. The van der Waals surface area contributed by atoms with Gasteiger partial charge in [-0.05, 0) is 36.7 Å². The summed E-state index contributed by atoms with van der Waals surface area (Å²) in [7, 11) is 0. The lowest BCUT2D eigenvalue weighted by atomic mass is 10.1. The molecular formula is C13H17NO. The van der Waals surface area contributed by atoms with Gasteiger partial charge in [0.15, 0.2) is 0 Å². The lowest BCUT2D eigenvalue weighted by Gasteiger charge is -1.95. The third-order valence-corrected chi connectivity index (χ3v) is 2.59. The summed E-state index contributed by atoms with van der Waals surface area (Å²) in [5, 5.41) is 4.47. The summed E-state index contributed by atoms with van der Waals surface area (Å²) in [6.07, 6.45) is 1.07. The third-order valence-electron chi connectivity index (χ3n) is 2.59. The number of rotatable bonds is 4. The second kappa shape index (κ2) is 4.49. The first kappa shape index (κ1) is 10.2. The molecule has 1 heterocycles. The van der Waals surface area contributed by atoms with Crippen molar-refractivity contribution in [3.05, 3.63) is 35.6 Å². The molecule has 0 atom stereocenters. The topological polar surface area (TPSA) is 25.2 Å². The van der Waals surface area contributed by atoms with Gasteiger partial charge in [0.2, 0.25) is 0 Å². The Bertz CT molecular complexity index is 445. The summed E-state index contributed by atoms with van der Waals surface area (Å²) in [4.78, 5) is 0. The standard InChI is InChI=1S/C13H17NO/c1-3-10-5-6-13-11(7-10)8-12(15-13)9-14-4-2/h5-8,14H,3-4,9H2,1-2H3. The molecule has 0 fully saturated rings. The van der Waals surface area contributed by atoms with E-state index in [1.807, 2.05) is 0 Å². The number of nitrogens with one attached hydrogen (secondary N) is 1. The molecule has 0 bridgehead atoms. The summed E-state index contributed by atoms with van der Waals surface area (Å²) in [6, 6.07) is 8.51. The summed E-state index contributed by atoms with van der Waals surface area (Å²) in [5.41, 5.74) is 2.35. The average Bonchev–Trinajstić information content (AvgIpc) is 2.67. The molecule has 0 aliphatic rings. The van der Waals surface area contributed by atoms with Crippen molar-refractivity contribution in [3.63, 3.8) is 0 Å². The van der Waals surface area contributed by atoms with Crippen LogP contribution in [0.2, 0.25) is 0 Å². The van der Waals surface area contributed by atoms with E-state index in [1.54, 1.807) is 0 Å². The Labute approximate surface area is 90.3 Å². The summed E-state index contributed by atoms with van der Waals surface area (Å²) >= 11 is 0. The van der Waals surface area contributed by atoms with Crippen LogP contribution in [0.4, 0.5) is 0 Å². The fraction of sp³-hybridized carbons (Fsp3) is 0.385. The quantitative estimate of drug-likeness (QED) is 0.826. The van der Waals surface area contributed by atoms with Crippen molar-refractivity contribution in [2.24, 2.45) is 0 Å². The molecule has 0 aliphatic heterocycles. The first-order valence-electron chi connectivity index (χ1n) is 5.55. The van der Waals surface area contributed by atoms with Gasteiger partial charge >= 0.3 is 0 Å². The fourth-order valence-electron chi connectivity index (χ4n) is 1.70. The lowest BCUT2D eigenvalue weighted by molar-refractivity contribution is 0.520. The zero-order chi connectivity index (χ0) is 10.7. The van der Waals surface area contributed by atoms with Gasteiger partial charge in [-0.15, -0.1) is 0 Å². The van der Waals surface area contributed by atoms with Crippen molar-refractivity contribution in [3.8, 4) is 0 Å². The first-order valence-corrected chi connectivity index (χ1v) is 5.55. The monoisotopic (exact) mass is 203 g/mol. The van der Waals surface area contributed by atoms with Gasteiger partial charge in [0.05, 0.1) is 6.54 Å². The minimum atomic E-state index is 0.812. The highest BCUT2D eigenvalue weighted by molar-refractivity contribution is 5.78. The summed E-state index contributed by atoms with van der Waals surface area (Å²) < 4.78 is 5.71. The van der Waals surface area contributed by atoms with Gasteiger partial charge in [-0.3, -0.25) is 0 Å². The number of aryl methyl sites for hydroxylation is 1. The van der Waals surface area contributed by atoms with E-state index in [-0.39, 0.29) is 0 Å². The van der Waals surface area contributed by atoms with Crippen LogP contribution in [0, 0.1) is 0 Å². The molecule has 0 radical (unpaired) electrons. The number of fused-ring (bicyclic) bond motifs is 1. The highest BCUT2D eigenvalue weighted by Crippen LogP contribution is 2.20. The van der Waals surface area contributed by atoms with Crippen molar-refractivity contribution in [1.82, 2.24) is 5.32 Å². The van der Waals surface area contributed by atoms with Gasteiger partial charge in [0, 0.05) is 5.39 Å². The Hall–Kier alpha value is -1.28. The van der Waals surface area contributed by atoms with Crippen LogP contribution in [0.5, 0.6) is 0 Å². The number of hydrogen-bond donors (Lipinski definition) is 1. The Morgan fingerprint density at radius 2 is 2.07 bits per heavy atom. The van der Waals surface area contributed by atoms with Gasteiger partial charge in [0.25, 0.3) is 0 Å². The molecule has 2 nitrogen and oxygen atoms in total. The largest absolute Gasteiger partial charge is 0.460 e. The predicted octanol–water partition coefficient (Wildman–Crippen LogP) is 3.10. The maximum Gasteiger partial charge on any atom is 0.134 e. The molecule has 2 heteroatoms. The van der Waals surface area contributed by atoms with Crippen molar-refractivity contribution in [2.75, 3.05) is 6.54 Å². The second-order valence-electron chi connectivity index (χ2n) is 3.72. The molecule has 0 saturated heterocycles. The molecule has 0 amide bonds. The molecule has 80 valence electrons. The molecule has 2 rings (SSSR count). The van der Waals surface area contributed by atoms with Crippen LogP contribution < -0.4 is 5.32 Å². The van der Waals surface area contributed by atoms with E-state index in [0.29, 0.717) is 0 Å². The molecule has 0 aliphatic carbocycles. The molecule has 1 aromatic heterocycles. The lowest BCUT2D eigenvalue weighted by Crippen LogP contribution is -2.10. The Morgan fingerprint density at radius 1 is 1.20 bits per heavy atom. The maximum atomic E-state index is 5.71. The Kier molecular flexibility index (Phi) is 3.07. The number of hydrogen-bond acceptors (Lipinski definition) is 2. The van der Waals surface area contributed by atoms with Gasteiger partial charge < -0.3 is 9.73 Å². The average molecular weight is 203 g/mol. The fourth-order valence-corrected chi connectivity index (χ4v) is 1.70. The third kappa shape index (κ3) is 2.21. The maximum absolute atomic E-state index is 5.71. The molecule has 2 aromatic rings. The Morgan fingerprint density at radius 3 is 2.80 bits per heavy atom. The van der Waals surface area contributed by atoms with Crippen LogP contribution in [-0.2, 0) is 13.0 Å². The van der Waals surface area contributed by atoms with E-state index in [4.69, 9.17) is 4.42 Å². The zero-order valence-electron chi connectivity index (χ0n) is 9.34. The van der Waals surface area contributed by atoms with Gasteiger partial charge in [-0.2, -0.15) is 0 Å². The van der Waals surface area contributed by atoms with E-state index < -0.39 is 0 Å². The molecule has 0 spiro atoms. The van der Waals surface area contributed by atoms with Crippen LogP contribution in [0.3, 0.4) is 0 Å². The minimum absolute atomic E-state index is 0.812.